The van der Waals surface area contributed by atoms with E-state index in [0.29, 0.717) is 11.8 Å². The summed E-state index contributed by atoms with van der Waals surface area (Å²) in [7, 11) is 3.32. The molecule has 2 aliphatic rings. The number of rotatable bonds is 5. The Kier molecular flexibility index (Phi) is 6.09. The van der Waals surface area contributed by atoms with Crippen LogP contribution in [-0.4, -0.2) is 65.4 Å². The quantitative estimate of drug-likeness (QED) is 0.701. The summed E-state index contributed by atoms with van der Waals surface area (Å²) in [5.74, 6) is 0.834. The van der Waals surface area contributed by atoms with E-state index in [2.05, 4.69) is 10.3 Å². The number of nitrogens with one attached hydrogen (secondary N) is 1. The van der Waals surface area contributed by atoms with E-state index in [-0.39, 0.29) is 17.6 Å². The summed E-state index contributed by atoms with van der Waals surface area (Å²) in [4.78, 5) is 4.09. The van der Waals surface area contributed by atoms with Gasteiger partial charge in [0.2, 0.25) is 0 Å². The Morgan fingerprint density at radius 1 is 1.35 bits per heavy atom. The van der Waals surface area contributed by atoms with Gasteiger partial charge in [-0.05, 0) is 31.0 Å². The van der Waals surface area contributed by atoms with Crippen LogP contribution in [0.3, 0.4) is 0 Å². The Balaban J connectivity index is 1.62. The molecule has 3 N–H and O–H groups in total. The second-order valence-corrected chi connectivity index (χ2v) is 7.67. The maximum Gasteiger partial charge on any atom is 0.159 e. The third kappa shape index (κ3) is 3.84. The van der Waals surface area contributed by atoms with Crippen molar-refractivity contribution in [2.75, 3.05) is 14.2 Å². The fourth-order valence-electron chi connectivity index (χ4n) is 3.29. The lowest BCUT2D eigenvalue weighted by atomic mass is 9.95. The molecule has 2 saturated heterocycles. The van der Waals surface area contributed by atoms with Crippen molar-refractivity contribution >= 4 is 16.9 Å². The zero-order valence-corrected chi connectivity index (χ0v) is 16.2. The molecule has 0 bridgehead atoms. The molecule has 3 rings (SSSR count). The lowest BCUT2D eigenvalue weighted by Crippen LogP contribution is -2.61. The highest BCUT2D eigenvalue weighted by molar-refractivity contribution is 8.14. The fourth-order valence-corrected chi connectivity index (χ4v) is 4.38. The molecule has 2 aliphatic heterocycles. The molecule has 1 aromatic rings. The van der Waals surface area contributed by atoms with Gasteiger partial charge in [-0.25, -0.2) is 0 Å². The summed E-state index contributed by atoms with van der Waals surface area (Å²) in [6, 6.07) is 5.49. The van der Waals surface area contributed by atoms with Crippen molar-refractivity contribution in [3.8, 4) is 5.75 Å². The smallest absolute Gasteiger partial charge is 0.159 e. The van der Waals surface area contributed by atoms with Crippen molar-refractivity contribution in [3.63, 3.8) is 0 Å². The second-order valence-electron chi connectivity index (χ2n) is 6.59. The maximum absolute atomic E-state index is 10.5. The number of methoxy groups -OCH3 is 1. The van der Waals surface area contributed by atoms with E-state index in [0.717, 1.165) is 16.9 Å². The zero-order valence-electron chi connectivity index (χ0n) is 15.4. The van der Waals surface area contributed by atoms with Crippen LogP contribution < -0.4 is 10.1 Å². The number of aliphatic imine (C=N–C) groups is 1. The number of hydrogen-bond acceptors (Lipinski definition) is 7. The summed E-state index contributed by atoms with van der Waals surface area (Å²) in [5.41, 5.74) is 1.75. The van der Waals surface area contributed by atoms with E-state index < -0.39 is 18.3 Å². The van der Waals surface area contributed by atoms with Gasteiger partial charge in [0.15, 0.2) is 5.17 Å². The minimum absolute atomic E-state index is 0.300. The normalized spacial score (nSPS) is 33.6. The van der Waals surface area contributed by atoms with E-state index in [1.165, 1.54) is 11.8 Å². The molecule has 2 heterocycles. The molecule has 144 valence electrons. The standard InChI is InChI=1S/C18H26N2O5S/c1-9-7-11(5-6-12(9)23-4)8-24-10(2)16-15(22)14(21)13-17(25-16)26-18(19-3)20-13/h5-7,10,13-17,21-22H,8H2,1-4H3,(H,19,20)/t10-,13+,14+,15-,16+,17+/m0/s1. The number of aliphatic hydroxyl groups is 2. The van der Waals surface area contributed by atoms with Crippen molar-refractivity contribution in [2.24, 2.45) is 4.99 Å². The predicted molar refractivity (Wildman–Crippen MR) is 101 cm³/mol. The van der Waals surface area contributed by atoms with Crippen LogP contribution in [-0.2, 0) is 16.1 Å². The van der Waals surface area contributed by atoms with E-state index in [4.69, 9.17) is 14.2 Å². The van der Waals surface area contributed by atoms with Crippen LogP contribution in [0, 0.1) is 6.92 Å². The highest BCUT2D eigenvalue weighted by Gasteiger charge is 2.50. The van der Waals surface area contributed by atoms with Gasteiger partial charge in [0.05, 0.1) is 25.9 Å². The van der Waals surface area contributed by atoms with Crippen LogP contribution in [0.5, 0.6) is 5.75 Å². The fraction of sp³-hybridized carbons (Fsp3) is 0.611. The topological polar surface area (TPSA) is 92.5 Å². The van der Waals surface area contributed by atoms with E-state index in [1.807, 2.05) is 32.0 Å². The zero-order chi connectivity index (χ0) is 18.8. The lowest BCUT2D eigenvalue weighted by Gasteiger charge is -2.41. The van der Waals surface area contributed by atoms with Crippen molar-refractivity contribution < 1.29 is 24.4 Å². The number of aliphatic hydroxyl groups excluding tert-OH is 2. The molecule has 6 atom stereocenters. The molecule has 2 fully saturated rings. The van der Waals surface area contributed by atoms with Gasteiger partial charge in [-0.3, -0.25) is 4.99 Å². The molecule has 0 unspecified atom stereocenters. The van der Waals surface area contributed by atoms with E-state index >= 15 is 0 Å². The van der Waals surface area contributed by atoms with Crippen molar-refractivity contribution in [1.82, 2.24) is 5.32 Å². The summed E-state index contributed by atoms with van der Waals surface area (Å²) < 4.78 is 17.2. The number of benzene rings is 1. The summed E-state index contributed by atoms with van der Waals surface area (Å²) in [6.07, 6.45) is -2.98. The number of ether oxygens (including phenoxy) is 3. The summed E-state index contributed by atoms with van der Waals surface area (Å²) in [6.45, 7) is 4.21. The maximum atomic E-state index is 10.5. The van der Waals surface area contributed by atoms with Gasteiger partial charge in [-0.15, -0.1) is 0 Å². The highest BCUT2D eigenvalue weighted by Crippen LogP contribution is 2.35. The number of nitrogens with zero attached hydrogens (tertiary/aromatic N) is 1. The highest BCUT2D eigenvalue weighted by atomic mass is 32.2. The van der Waals surface area contributed by atoms with Crippen molar-refractivity contribution in [2.45, 2.75) is 56.3 Å². The van der Waals surface area contributed by atoms with Gasteiger partial charge in [-0.2, -0.15) is 0 Å². The Morgan fingerprint density at radius 2 is 2.12 bits per heavy atom. The lowest BCUT2D eigenvalue weighted by molar-refractivity contribution is -0.195. The summed E-state index contributed by atoms with van der Waals surface area (Å²) >= 11 is 1.42. The van der Waals surface area contributed by atoms with E-state index in [9.17, 15) is 10.2 Å². The Hall–Kier alpha value is -1.32. The number of thioether (sulfide) groups is 1. The third-order valence-corrected chi connectivity index (χ3v) is 5.96. The Morgan fingerprint density at radius 3 is 2.77 bits per heavy atom. The molecule has 7 nitrogen and oxygen atoms in total. The molecule has 0 aromatic heterocycles. The molecule has 0 amide bonds. The minimum atomic E-state index is -1.03. The van der Waals surface area contributed by atoms with Gasteiger partial charge in [-0.1, -0.05) is 23.9 Å². The first-order chi connectivity index (χ1) is 12.4. The molecule has 26 heavy (non-hydrogen) atoms. The van der Waals surface area contributed by atoms with E-state index in [1.54, 1.807) is 14.2 Å². The second kappa shape index (κ2) is 8.14. The van der Waals surface area contributed by atoms with Crippen LogP contribution in [0.1, 0.15) is 18.1 Å². The van der Waals surface area contributed by atoms with Gasteiger partial charge in [0.1, 0.15) is 29.5 Å². The number of fused-ring (bicyclic) bond motifs is 1. The minimum Gasteiger partial charge on any atom is -0.496 e. The average Bonchev–Trinajstić information content (AvgIpc) is 3.06. The first-order valence-corrected chi connectivity index (χ1v) is 9.49. The van der Waals surface area contributed by atoms with Crippen molar-refractivity contribution in [1.29, 1.82) is 0 Å². The largest absolute Gasteiger partial charge is 0.496 e. The molecule has 8 heteroatoms. The first-order valence-electron chi connectivity index (χ1n) is 8.61. The first kappa shape index (κ1) is 19.4. The molecule has 0 radical (unpaired) electrons. The monoisotopic (exact) mass is 382 g/mol. The number of aryl methyl sites for hydroxylation is 1. The van der Waals surface area contributed by atoms with Crippen molar-refractivity contribution in [3.05, 3.63) is 29.3 Å². The Labute approximate surface area is 157 Å². The molecule has 0 aliphatic carbocycles. The van der Waals surface area contributed by atoms with Gasteiger partial charge >= 0.3 is 0 Å². The van der Waals surface area contributed by atoms with Crippen LogP contribution >= 0.6 is 11.8 Å². The molecule has 0 spiro atoms. The van der Waals surface area contributed by atoms with Gasteiger partial charge < -0.3 is 29.7 Å². The average molecular weight is 382 g/mol. The van der Waals surface area contributed by atoms with Gasteiger partial charge in [0.25, 0.3) is 0 Å². The summed E-state index contributed by atoms with van der Waals surface area (Å²) in [5, 5.41) is 24.7. The molecule has 1 aromatic carbocycles. The Bertz CT molecular complexity index is 671. The molecule has 0 saturated carbocycles. The third-order valence-electron chi connectivity index (χ3n) is 4.79. The number of hydrogen-bond donors (Lipinski definition) is 3. The van der Waals surface area contributed by atoms with Gasteiger partial charge in [0, 0.05) is 7.05 Å². The SMILES string of the molecule is CN=C1N[C@@H]2[C@@H](O)[C@H](O)[C@@H]([C@H](C)OCc3ccc(OC)c(C)c3)O[C@@H]2S1. The van der Waals surface area contributed by atoms with Crippen LogP contribution in [0.15, 0.2) is 23.2 Å². The van der Waals surface area contributed by atoms with Crippen LogP contribution in [0.25, 0.3) is 0 Å². The predicted octanol–water partition coefficient (Wildman–Crippen LogP) is 1.05. The van der Waals surface area contributed by atoms with Crippen LogP contribution in [0.4, 0.5) is 0 Å². The molecular formula is C18H26N2O5S. The molecular weight excluding hydrogens is 356 g/mol. The van der Waals surface area contributed by atoms with Crippen LogP contribution in [0.2, 0.25) is 0 Å². The number of amidine groups is 1.